The Labute approximate surface area is 366 Å². The van der Waals surface area contributed by atoms with Gasteiger partial charge in [0.1, 0.15) is 11.2 Å². The smallest absolute Gasteiger partial charge is 0.136 e. The van der Waals surface area contributed by atoms with Crippen LogP contribution in [0.2, 0.25) is 0 Å². The van der Waals surface area contributed by atoms with Crippen molar-refractivity contribution >= 4 is 71.6 Å². The number of nitrogens with zero attached hydrogens (tertiary/aromatic N) is 2. The van der Waals surface area contributed by atoms with Gasteiger partial charge in [-0.1, -0.05) is 164 Å². The monoisotopic (exact) mass is 787 g/mol. The molecule has 286 valence electrons. The molecule has 0 radical (unpaired) electrons. The number of anilines is 3. The van der Waals surface area contributed by atoms with Gasteiger partial charge in [-0.25, -0.2) is 0 Å². The van der Waals surface area contributed by atoms with Gasteiger partial charge in [0.25, 0.3) is 0 Å². The molecule has 0 bridgehead atoms. The number of benzene rings is 10. The third-order valence-electron chi connectivity index (χ3n) is 11.5. The van der Waals surface area contributed by atoms with Crippen LogP contribution in [0.15, 0.2) is 235 Å². The van der Waals surface area contributed by atoms with Crippen molar-refractivity contribution in [3.63, 3.8) is 0 Å². The fraction of sp³-hybridized carbons (Fsp3) is 0. The minimum absolute atomic E-state index is 0.0905. The molecule has 0 aliphatic rings. The van der Waals surface area contributed by atoms with E-state index in [2.05, 4.69) is 53.1 Å². The molecule has 61 heavy (non-hydrogen) atoms. The van der Waals surface area contributed by atoms with Crippen LogP contribution in [0.3, 0.4) is 0 Å². The zero-order valence-electron chi connectivity index (χ0n) is 41.5. The van der Waals surface area contributed by atoms with Crippen LogP contribution in [0.25, 0.3) is 93.6 Å². The number of furan rings is 1. The number of aromatic nitrogens is 1. The molecule has 0 aliphatic carbocycles. The van der Waals surface area contributed by atoms with Crippen molar-refractivity contribution in [2.75, 3.05) is 4.90 Å². The first-order chi connectivity index (χ1) is 34.0. The molecule has 0 fully saturated rings. The lowest BCUT2D eigenvalue weighted by Gasteiger charge is -2.28. The Morgan fingerprint density at radius 3 is 1.77 bits per heavy atom. The summed E-state index contributed by atoms with van der Waals surface area (Å²) in [4.78, 5) is 1.72. The quantitative estimate of drug-likeness (QED) is 0.160. The van der Waals surface area contributed by atoms with Crippen molar-refractivity contribution in [3.8, 4) is 39.1 Å². The Bertz CT molecular complexity index is 4030. The van der Waals surface area contributed by atoms with Crippen LogP contribution < -0.4 is 4.90 Å². The largest absolute Gasteiger partial charge is 0.456 e. The van der Waals surface area contributed by atoms with E-state index in [0.29, 0.717) is 17.0 Å². The highest BCUT2D eigenvalue weighted by atomic mass is 16.3. The summed E-state index contributed by atoms with van der Waals surface area (Å²) in [7, 11) is 0. The molecule has 2 heterocycles. The lowest BCUT2D eigenvalue weighted by atomic mass is 9.96. The third-order valence-corrected chi connectivity index (χ3v) is 11.5. The predicted molar refractivity (Wildman–Crippen MR) is 257 cm³/mol. The van der Waals surface area contributed by atoms with E-state index in [-0.39, 0.29) is 11.3 Å². The number of fused-ring (bicyclic) bond motifs is 7. The minimum Gasteiger partial charge on any atom is -0.456 e. The Morgan fingerprint density at radius 1 is 0.410 bits per heavy atom. The third kappa shape index (κ3) is 5.82. The molecule has 0 amide bonds. The number of rotatable bonds is 7. The number of hydrogen-bond acceptors (Lipinski definition) is 2. The highest BCUT2D eigenvalue weighted by Crippen LogP contribution is 2.46. The maximum atomic E-state index is 9.72. The molecule has 10 aromatic carbocycles. The maximum absolute atomic E-state index is 9.72. The van der Waals surface area contributed by atoms with E-state index in [1.165, 1.54) is 0 Å². The highest BCUT2D eigenvalue weighted by Gasteiger charge is 2.22. The van der Waals surface area contributed by atoms with Crippen LogP contribution in [-0.2, 0) is 0 Å². The number of para-hydroxylation sites is 4. The predicted octanol–water partition coefficient (Wildman–Crippen LogP) is 16.3. The van der Waals surface area contributed by atoms with Crippen molar-refractivity contribution in [1.29, 1.82) is 0 Å². The van der Waals surface area contributed by atoms with E-state index in [1.54, 1.807) is 4.90 Å². The molecule has 0 saturated carbocycles. The molecule has 0 saturated heterocycles. The second-order valence-electron chi connectivity index (χ2n) is 15.0. The summed E-state index contributed by atoms with van der Waals surface area (Å²) < 4.78 is 89.6. The summed E-state index contributed by atoms with van der Waals surface area (Å²) in [6, 6.07) is 53.3. The summed E-state index contributed by atoms with van der Waals surface area (Å²) in [5.41, 5.74) is 8.08. The molecular weight excluding hydrogens is 741 g/mol. The van der Waals surface area contributed by atoms with Gasteiger partial charge in [0, 0.05) is 44.0 Å². The zero-order chi connectivity index (χ0) is 48.1. The Balaban J connectivity index is 1.09. The lowest BCUT2D eigenvalue weighted by Crippen LogP contribution is -2.11. The molecule has 0 unspecified atom stereocenters. The van der Waals surface area contributed by atoms with E-state index in [9.17, 15) is 5.48 Å². The summed E-state index contributed by atoms with van der Waals surface area (Å²) in [6.07, 6.45) is 0. The van der Waals surface area contributed by atoms with Gasteiger partial charge in [-0.15, -0.1) is 0 Å². The van der Waals surface area contributed by atoms with Gasteiger partial charge in [0.2, 0.25) is 0 Å². The van der Waals surface area contributed by atoms with Crippen LogP contribution in [0.4, 0.5) is 17.1 Å². The van der Waals surface area contributed by atoms with E-state index >= 15 is 0 Å². The van der Waals surface area contributed by atoms with Gasteiger partial charge in [0.05, 0.1) is 34.7 Å². The van der Waals surface area contributed by atoms with Crippen molar-refractivity contribution in [1.82, 2.24) is 4.57 Å². The summed E-state index contributed by atoms with van der Waals surface area (Å²) in [5.74, 6) is 0. The van der Waals surface area contributed by atoms with Crippen molar-refractivity contribution in [2.24, 2.45) is 0 Å². The lowest BCUT2D eigenvalue weighted by molar-refractivity contribution is 0.669. The maximum Gasteiger partial charge on any atom is 0.136 e. The second-order valence-corrected chi connectivity index (χ2v) is 15.0. The SMILES string of the molecule is [2H]c1c([2H])c([2H])c(-c2c([2H])c([2H])c(N(c3ccc(-c4ccccc4-n4c5ccccc5c5ccccc54)cc3)c3ccccc3-c3cccc4oc5cc6ccccc6cc5c34)c([2H])c2[2H])c([2H])c1[2H]. The summed E-state index contributed by atoms with van der Waals surface area (Å²) >= 11 is 0. The molecule has 3 nitrogen and oxygen atoms in total. The molecule has 2 aromatic heterocycles. The molecule has 12 rings (SSSR count). The van der Waals surface area contributed by atoms with E-state index in [1.807, 2.05) is 127 Å². The van der Waals surface area contributed by atoms with Gasteiger partial charge < -0.3 is 13.9 Å². The molecule has 3 heteroatoms. The first kappa shape index (κ1) is 26.8. The van der Waals surface area contributed by atoms with E-state index < -0.39 is 59.9 Å². The molecule has 12 aromatic rings. The van der Waals surface area contributed by atoms with Gasteiger partial charge in [-0.05, 0) is 99.7 Å². The van der Waals surface area contributed by atoms with Crippen LogP contribution in [0.5, 0.6) is 0 Å². The van der Waals surface area contributed by atoms with Crippen molar-refractivity contribution < 1.29 is 16.8 Å². The topological polar surface area (TPSA) is 21.3 Å². The van der Waals surface area contributed by atoms with Crippen molar-refractivity contribution in [2.45, 2.75) is 0 Å². The van der Waals surface area contributed by atoms with Crippen LogP contribution >= 0.6 is 0 Å². The average Bonchev–Trinajstić information content (AvgIpc) is 3.93. The normalized spacial score (nSPS) is 13.7. The summed E-state index contributed by atoms with van der Waals surface area (Å²) in [5, 5.41) is 6.14. The van der Waals surface area contributed by atoms with Gasteiger partial charge in [-0.3, -0.25) is 0 Å². The molecule has 0 aliphatic heterocycles. The number of hydrogen-bond donors (Lipinski definition) is 0. The van der Waals surface area contributed by atoms with Crippen LogP contribution in [-0.4, -0.2) is 4.57 Å². The van der Waals surface area contributed by atoms with E-state index in [4.69, 9.17) is 11.3 Å². The Kier molecular flexibility index (Phi) is 6.28. The summed E-state index contributed by atoms with van der Waals surface area (Å²) in [6.45, 7) is 0. The first-order valence-corrected chi connectivity index (χ1v) is 20.1. The van der Waals surface area contributed by atoms with Gasteiger partial charge >= 0.3 is 0 Å². The fourth-order valence-electron chi connectivity index (χ4n) is 8.82. The van der Waals surface area contributed by atoms with Crippen LogP contribution in [0.1, 0.15) is 12.3 Å². The average molecular weight is 788 g/mol. The second kappa shape index (κ2) is 14.3. The molecular formula is C58H38N2O. The van der Waals surface area contributed by atoms with E-state index in [0.717, 1.165) is 76.9 Å². The zero-order valence-corrected chi connectivity index (χ0v) is 32.5. The Hall–Kier alpha value is -8.14. The Morgan fingerprint density at radius 2 is 1.02 bits per heavy atom. The molecule has 0 spiro atoms. The van der Waals surface area contributed by atoms with Gasteiger partial charge in [0.15, 0.2) is 0 Å². The minimum atomic E-state index is -0.638. The van der Waals surface area contributed by atoms with Crippen LogP contribution in [0, 0.1) is 0 Å². The standard InChI is InChI=1S/C58H38N2O/c1-2-15-39(16-3-1)40-29-33-44(34-30-40)59(53-25-11-9-22-49(53)50-23-14-28-56-58(50)51-37-42-17-4-5-18-43(42)38-57(51)61-56)45-35-31-41(32-36-45)46-19-6-10-24-52(46)60-54-26-12-7-20-47(54)48-21-8-13-27-55(48)60/h1-38H/i1D,2D,3D,15D,16D,29D,30D,33D,34D. The fourth-order valence-corrected chi connectivity index (χ4v) is 8.82. The van der Waals surface area contributed by atoms with Gasteiger partial charge in [-0.2, -0.15) is 0 Å². The molecule has 0 atom stereocenters. The molecule has 0 N–H and O–H groups in total. The van der Waals surface area contributed by atoms with Crippen molar-refractivity contribution in [3.05, 3.63) is 230 Å². The highest BCUT2D eigenvalue weighted by molar-refractivity contribution is 6.17. The first-order valence-electron chi connectivity index (χ1n) is 24.6.